The maximum atomic E-state index is 13.3. The van der Waals surface area contributed by atoms with Crippen molar-refractivity contribution in [2.45, 2.75) is 111 Å². The number of nitro groups is 2. The highest BCUT2D eigenvalue weighted by molar-refractivity contribution is 5.75. The van der Waals surface area contributed by atoms with Gasteiger partial charge in [0.2, 0.25) is 5.72 Å². The quantitative estimate of drug-likeness (QED) is 0.121. The van der Waals surface area contributed by atoms with Crippen LogP contribution < -0.4 is 9.64 Å². The van der Waals surface area contributed by atoms with Crippen molar-refractivity contribution in [3.05, 3.63) is 73.3 Å². The molecule has 2 aromatic carbocycles. The Kier molecular flexibility index (Phi) is 14.9. The molecule has 1 atom stereocenters. The van der Waals surface area contributed by atoms with Gasteiger partial charge in [0.1, 0.15) is 22.6 Å². The van der Waals surface area contributed by atoms with Crippen LogP contribution in [0.3, 0.4) is 0 Å². The van der Waals surface area contributed by atoms with Crippen molar-refractivity contribution in [3.8, 4) is 5.75 Å². The third-order valence-corrected chi connectivity index (χ3v) is 11.4. The highest BCUT2D eigenvalue weighted by atomic mass is 16.6. The van der Waals surface area contributed by atoms with Crippen molar-refractivity contribution < 1.29 is 43.2 Å². The zero-order chi connectivity index (χ0) is 47.6. The van der Waals surface area contributed by atoms with Crippen LogP contribution in [0.2, 0.25) is 0 Å². The second kappa shape index (κ2) is 19.1. The highest BCUT2D eigenvalue weighted by Gasteiger charge is 2.58. The Hall–Kier alpha value is -5.17. The fourth-order valence-corrected chi connectivity index (χ4v) is 8.42. The molecule has 1 spiro atoms. The summed E-state index contributed by atoms with van der Waals surface area (Å²) in [5.74, 6) is -0.752. The zero-order valence-corrected chi connectivity index (χ0v) is 39.6. The summed E-state index contributed by atoms with van der Waals surface area (Å²) in [7, 11) is 1.86. The largest absolute Gasteiger partial charge is 0.462 e. The number of hydrogen-bond acceptors (Lipinski definition) is 16. The van der Waals surface area contributed by atoms with Gasteiger partial charge < -0.3 is 23.8 Å². The summed E-state index contributed by atoms with van der Waals surface area (Å²) in [5, 5.41) is 24.2. The molecular formula is C46H67N7O11. The van der Waals surface area contributed by atoms with Crippen molar-refractivity contribution in [3.63, 3.8) is 0 Å². The number of ether oxygens (including phenoxy) is 4. The Morgan fingerprint density at radius 2 is 1.08 bits per heavy atom. The molecule has 18 heteroatoms. The molecule has 3 heterocycles. The third-order valence-electron chi connectivity index (χ3n) is 11.4. The van der Waals surface area contributed by atoms with Gasteiger partial charge in [-0.15, -0.1) is 0 Å². The lowest BCUT2D eigenvalue weighted by molar-refractivity contribution is -0.385. The molecule has 5 rings (SSSR count). The van der Waals surface area contributed by atoms with Gasteiger partial charge in [-0.1, -0.05) is 0 Å². The predicted octanol–water partition coefficient (Wildman–Crippen LogP) is 5.78. The SMILES string of the molecule is CN1c2ccc([N+](=O)[O-])cc2C(C)(C)C12C=Cc1cc([N+](=O)[O-])cc(CN3CCN(CC(=O)OC(C)(C)C)CCN(CC(=O)OC(C)(C)C)CCN(CC(=O)OC(C)(C)C)CC3)c1O2. The molecule has 0 saturated carbocycles. The van der Waals surface area contributed by atoms with Gasteiger partial charge in [0.15, 0.2) is 0 Å². The first-order valence-electron chi connectivity index (χ1n) is 21.8. The molecule has 3 aliphatic heterocycles. The van der Waals surface area contributed by atoms with E-state index in [-0.39, 0.29) is 43.5 Å². The molecule has 0 amide bonds. The minimum atomic E-state index is -1.15. The lowest BCUT2D eigenvalue weighted by Gasteiger charge is -2.46. The number of nitro benzene ring substituents is 2. The summed E-state index contributed by atoms with van der Waals surface area (Å²) in [4.78, 5) is 73.1. The van der Waals surface area contributed by atoms with Crippen molar-refractivity contribution >= 4 is 41.0 Å². The van der Waals surface area contributed by atoms with E-state index in [2.05, 4.69) is 4.90 Å². The molecule has 1 saturated heterocycles. The topological polar surface area (TPSA) is 191 Å². The van der Waals surface area contributed by atoms with Gasteiger partial charge in [0.05, 0.1) is 34.9 Å². The number of nitrogens with zero attached hydrogens (tertiary/aromatic N) is 7. The highest BCUT2D eigenvalue weighted by Crippen LogP contribution is 2.55. The first-order chi connectivity index (χ1) is 29.6. The van der Waals surface area contributed by atoms with Crippen LogP contribution in [0.4, 0.5) is 17.1 Å². The van der Waals surface area contributed by atoms with Gasteiger partial charge in [-0.25, -0.2) is 0 Å². The minimum Gasteiger partial charge on any atom is -0.462 e. The Morgan fingerprint density at radius 1 is 0.656 bits per heavy atom. The Labute approximate surface area is 376 Å². The molecule has 352 valence electrons. The van der Waals surface area contributed by atoms with Crippen LogP contribution in [0.5, 0.6) is 5.75 Å². The Bertz CT molecular complexity index is 2070. The van der Waals surface area contributed by atoms with Gasteiger partial charge >= 0.3 is 17.9 Å². The van der Waals surface area contributed by atoms with Crippen LogP contribution in [-0.2, 0) is 40.6 Å². The van der Waals surface area contributed by atoms with Crippen LogP contribution in [0.15, 0.2) is 36.4 Å². The molecular weight excluding hydrogens is 827 g/mol. The first kappa shape index (κ1) is 49.8. The second-order valence-corrected chi connectivity index (χ2v) is 20.4. The smallest absolute Gasteiger partial charge is 0.320 e. The van der Waals surface area contributed by atoms with E-state index in [4.69, 9.17) is 18.9 Å². The van der Waals surface area contributed by atoms with E-state index in [0.717, 1.165) is 11.3 Å². The van der Waals surface area contributed by atoms with E-state index < -0.39 is 49.7 Å². The fourth-order valence-electron chi connectivity index (χ4n) is 8.42. The molecule has 64 heavy (non-hydrogen) atoms. The average Bonchev–Trinajstić information content (AvgIpc) is 3.30. The van der Waals surface area contributed by atoms with Crippen LogP contribution in [0.25, 0.3) is 6.08 Å². The third kappa shape index (κ3) is 12.5. The minimum absolute atomic E-state index is 0.00571. The lowest BCUT2D eigenvalue weighted by Crippen LogP contribution is -2.58. The Balaban J connectivity index is 1.51. The standard InChI is InChI=1S/C46H67N7O11/c1-42(2,3)61-38(54)29-49-19-17-48(18-20-50(30-39(55)62-43(4,5)6)22-24-51(23-21-49)31-40(56)63-44(7,8)9)28-33-26-35(53(59)60)25-32-15-16-46(64-41(32)33)45(10,11)36-27-34(52(57)58)13-14-37(36)47(46)12/h13-16,25-27H,17-24,28-31H2,1-12H3. The van der Waals surface area contributed by atoms with E-state index in [1.54, 1.807) is 12.1 Å². The van der Waals surface area contributed by atoms with Crippen molar-refractivity contribution in [1.29, 1.82) is 0 Å². The van der Waals surface area contributed by atoms with E-state index in [1.165, 1.54) is 18.2 Å². The van der Waals surface area contributed by atoms with Crippen molar-refractivity contribution in [2.75, 3.05) is 83.9 Å². The second-order valence-electron chi connectivity index (χ2n) is 20.4. The molecule has 0 aliphatic carbocycles. The molecule has 3 aliphatic rings. The van der Waals surface area contributed by atoms with Gasteiger partial charge in [-0.2, -0.15) is 0 Å². The summed E-state index contributed by atoms with van der Waals surface area (Å²) >= 11 is 0. The molecule has 0 aromatic heterocycles. The van der Waals surface area contributed by atoms with E-state index in [0.29, 0.717) is 69.2 Å². The van der Waals surface area contributed by atoms with E-state index in [9.17, 15) is 34.6 Å². The first-order valence-corrected chi connectivity index (χ1v) is 21.8. The Morgan fingerprint density at radius 3 is 1.48 bits per heavy atom. The summed E-state index contributed by atoms with van der Waals surface area (Å²) in [6, 6.07) is 7.75. The molecule has 18 nitrogen and oxygen atoms in total. The van der Waals surface area contributed by atoms with Gasteiger partial charge in [-0.05, 0) is 99.9 Å². The van der Waals surface area contributed by atoms with Crippen molar-refractivity contribution in [1.82, 2.24) is 19.6 Å². The lowest BCUT2D eigenvalue weighted by atomic mass is 9.76. The number of fused-ring (bicyclic) bond motifs is 2. The number of anilines is 1. The van der Waals surface area contributed by atoms with E-state index >= 15 is 0 Å². The zero-order valence-electron chi connectivity index (χ0n) is 39.6. The average molecular weight is 894 g/mol. The van der Waals surface area contributed by atoms with Crippen LogP contribution in [0, 0.1) is 20.2 Å². The number of benzene rings is 2. The maximum absolute atomic E-state index is 13.3. The monoisotopic (exact) mass is 893 g/mol. The molecule has 2 aromatic rings. The maximum Gasteiger partial charge on any atom is 0.320 e. The predicted molar refractivity (Wildman–Crippen MR) is 242 cm³/mol. The van der Waals surface area contributed by atoms with Gasteiger partial charge in [-0.3, -0.25) is 54.2 Å². The summed E-state index contributed by atoms with van der Waals surface area (Å²) in [6.45, 7) is 23.5. The number of hydrogen-bond donors (Lipinski definition) is 0. The number of esters is 3. The van der Waals surface area contributed by atoms with Crippen molar-refractivity contribution in [2.24, 2.45) is 0 Å². The summed E-state index contributed by atoms with van der Waals surface area (Å²) < 4.78 is 24.2. The molecule has 0 bridgehead atoms. The van der Waals surface area contributed by atoms with Gasteiger partial charge in [0.25, 0.3) is 11.4 Å². The van der Waals surface area contributed by atoms with E-state index in [1.807, 2.05) is 115 Å². The van der Waals surface area contributed by atoms with Crippen LogP contribution in [-0.4, -0.2) is 149 Å². The number of carbonyl (C=O) groups excluding carboxylic acids is 3. The number of rotatable bonds is 10. The molecule has 0 radical (unpaired) electrons. The molecule has 1 unspecified atom stereocenters. The normalized spacial score (nSPS) is 20.3. The number of non-ortho nitro benzene ring substituents is 2. The molecule has 1 fully saturated rings. The molecule has 0 N–H and O–H groups in total. The van der Waals surface area contributed by atoms with Gasteiger partial charge in [0, 0.05) is 107 Å². The van der Waals surface area contributed by atoms with Crippen LogP contribution >= 0.6 is 0 Å². The number of likely N-dealkylation sites (N-methyl/N-ethyl adjacent to an activating group) is 1. The van der Waals surface area contributed by atoms with Crippen LogP contribution in [0.1, 0.15) is 92.9 Å². The fraction of sp³-hybridized carbons (Fsp3) is 0.630. The summed E-state index contributed by atoms with van der Waals surface area (Å²) in [5.41, 5.74) is -1.67. The summed E-state index contributed by atoms with van der Waals surface area (Å²) in [6.07, 6.45) is 3.68. The number of carbonyl (C=O) groups is 3.